The fourth-order valence-electron chi connectivity index (χ4n) is 1.92. The number of carboxylic acids is 1. The zero-order chi connectivity index (χ0) is 15.6. The van der Waals surface area contributed by atoms with Gasteiger partial charge in [-0.25, -0.2) is 4.79 Å². The van der Waals surface area contributed by atoms with E-state index in [1.807, 2.05) is 0 Å². The Labute approximate surface area is 120 Å². The lowest BCUT2D eigenvalue weighted by atomic mass is 10.1. The highest BCUT2D eigenvalue weighted by molar-refractivity contribution is 5.88. The number of aryl methyl sites for hydroxylation is 2. The van der Waals surface area contributed by atoms with Crippen LogP contribution in [0.1, 0.15) is 21.5 Å². The summed E-state index contributed by atoms with van der Waals surface area (Å²) >= 11 is 0. The molecule has 0 aliphatic heterocycles. The normalized spacial score (nSPS) is 10.2. The van der Waals surface area contributed by atoms with Gasteiger partial charge in [0.2, 0.25) is 0 Å². The van der Waals surface area contributed by atoms with E-state index in [9.17, 15) is 14.9 Å². The smallest absolute Gasteiger partial charge is 0.335 e. The average Bonchev–Trinajstić information content (AvgIpc) is 2.40. The Kier molecular flexibility index (Phi) is 3.89. The molecule has 6 heteroatoms. The van der Waals surface area contributed by atoms with Gasteiger partial charge in [0, 0.05) is 6.07 Å². The molecular weight excluding hydrogens is 274 g/mol. The van der Waals surface area contributed by atoms with Crippen LogP contribution >= 0.6 is 0 Å². The molecule has 0 atom stereocenters. The monoisotopic (exact) mass is 287 g/mol. The molecule has 0 bridgehead atoms. The number of benzene rings is 2. The molecule has 0 fully saturated rings. The Morgan fingerprint density at radius 2 is 1.90 bits per heavy atom. The summed E-state index contributed by atoms with van der Waals surface area (Å²) in [5.41, 5.74) is 1.46. The van der Waals surface area contributed by atoms with Crippen molar-refractivity contribution in [1.82, 2.24) is 0 Å². The second-order valence-electron chi connectivity index (χ2n) is 4.65. The molecule has 108 valence electrons. The third-order valence-corrected chi connectivity index (χ3v) is 2.90. The fraction of sp³-hybridized carbons (Fsp3) is 0.133. The number of carbonyl (C=O) groups is 1. The van der Waals surface area contributed by atoms with Crippen molar-refractivity contribution >= 4 is 11.7 Å². The first-order valence-electron chi connectivity index (χ1n) is 6.14. The van der Waals surface area contributed by atoms with Crippen LogP contribution in [0.15, 0.2) is 36.4 Å². The predicted molar refractivity (Wildman–Crippen MR) is 76.0 cm³/mol. The summed E-state index contributed by atoms with van der Waals surface area (Å²) in [4.78, 5) is 21.2. The van der Waals surface area contributed by atoms with Gasteiger partial charge in [-0.15, -0.1) is 0 Å². The molecule has 0 aliphatic rings. The largest absolute Gasteiger partial charge is 0.478 e. The minimum absolute atomic E-state index is 0.0511. The first kappa shape index (κ1) is 14.5. The van der Waals surface area contributed by atoms with Gasteiger partial charge in [0.15, 0.2) is 0 Å². The maximum absolute atomic E-state index is 10.9. The fourth-order valence-corrected chi connectivity index (χ4v) is 1.92. The third kappa shape index (κ3) is 3.36. The van der Waals surface area contributed by atoms with Crippen LogP contribution in [0.3, 0.4) is 0 Å². The number of nitro groups is 1. The molecule has 6 nitrogen and oxygen atoms in total. The maximum Gasteiger partial charge on any atom is 0.335 e. The first-order chi connectivity index (χ1) is 9.86. The SMILES string of the molecule is Cc1cc(Oc2ccc(C(=O)O)cc2C)cc([N+](=O)[O-])c1. The summed E-state index contributed by atoms with van der Waals surface area (Å²) < 4.78 is 5.62. The van der Waals surface area contributed by atoms with Crippen LogP contribution in [0, 0.1) is 24.0 Å². The standard InChI is InChI=1S/C15H13NO5/c1-9-5-12(16(19)20)8-13(6-9)21-14-4-3-11(15(17)18)7-10(14)2/h3-8H,1-2H3,(H,17,18). The Balaban J connectivity index is 2.34. The Bertz CT molecular complexity index is 724. The minimum Gasteiger partial charge on any atom is -0.478 e. The summed E-state index contributed by atoms with van der Waals surface area (Å²) in [6.07, 6.45) is 0. The highest BCUT2D eigenvalue weighted by Crippen LogP contribution is 2.29. The van der Waals surface area contributed by atoms with Crippen molar-refractivity contribution in [2.24, 2.45) is 0 Å². The molecule has 0 heterocycles. The van der Waals surface area contributed by atoms with Gasteiger partial charge >= 0.3 is 5.97 Å². The van der Waals surface area contributed by atoms with Crippen LogP contribution < -0.4 is 4.74 Å². The number of hydrogen-bond donors (Lipinski definition) is 1. The van der Waals surface area contributed by atoms with Crippen molar-refractivity contribution in [3.05, 3.63) is 63.2 Å². The van der Waals surface area contributed by atoms with E-state index in [0.29, 0.717) is 22.6 Å². The van der Waals surface area contributed by atoms with E-state index in [0.717, 1.165) is 0 Å². The predicted octanol–water partition coefficient (Wildman–Crippen LogP) is 3.70. The average molecular weight is 287 g/mol. The van der Waals surface area contributed by atoms with Crippen molar-refractivity contribution in [2.45, 2.75) is 13.8 Å². The lowest BCUT2D eigenvalue weighted by Gasteiger charge is -2.10. The van der Waals surface area contributed by atoms with E-state index >= 15 is 0 Å². The van der Waals surface area contributed by atoms with Gasteiger partial charge in [0.1, 0.15) is 11.5 Å². The number of non-ortho nitro benzene ring substituents is 1. The van der Waals surface area contributed by atoms with Gasteiger partial charge in [-0.3, -0.25) is 10.1 Å². The van der Waals surface area contributed by atoms with Crippen LogP contribution in [0.5, 0.6) is 11.5 Å². The minimum atomic E-state index is -1.02. The maximum atomic E-state index is 10.9. The lowest BCUT2D eigenvalue weighted by molar-refractivity contribution is -0.385. The molecule has 21 heavy (non-hydrogen) atoms. The van der Waals surface area contributed by atoms with Gasteiger partial charge in [-0.05, 0) is 49.2 Å². The second kappa shape index (κ2) is 5.62. The number of nitro benzene ring substituents is 1. The molecular formula is C15H13NO5. The summed E-state index contributed by atoms with van der Waals surface area (Å²) in [5, 5.41) is 19.7. The first-order valence-corrected chi connectivity index (χ1v) is 6.14. The molecule has 0 saturated heterocycles. The van der Waals surface area contributed by atoms with Crippen LogP contribution in [0.4, 0.5) is 5.69 Å². The Morgan fingerprint density at radius 1 is 1.19 bits per heavy atom. The van der Waals surface area contributed by atoms with Gasteiger partial charge in [-0.1, -0.05) is 0 Å². The molecule has 0 aliphatic carbocycles. The van der Waals surface area contributed by atoms with Crippen LogP contribution in [-0.2, 0) is 0 Å². The van der Waals surface area contributed by atoms with Crippen molar-refractivity contribution < 1.29 is 19.6 Å². The summed E-state index contributed by atoms with van der Waals surface area (Å²) in [6, 6.07) is 8.91. The Morgan fingerprint density at radius 3 is 2.48 bits per heavy atom. The van der Waals surface area contributed by atoms with Gasteiger partial charge in [0.05, 0.1) is 16.6 Å². The highest BCUT2D eigenvalue weighted by Gasteiger charge is 2.11. The van der Waals surface area contributed by atoms with Crippen LogP contribution in [0.2, 0.25) is 0 Å². The molecule has 2 rings (SSSR count). The number of nitrogens with zero attached hydrogens (tertiary/aromatic N) is 1. The number of rotatable bonds is 4. The Hall–Kier alpha value is -2.89. The number of hydrogen-bond acceptors (Lipinski definition) is 4. The molecule has 0 unspecified atom stereocenters. The summed E-state index contributed by atoms with van der Waals surface area (Å²) in [5.74, 6) is -0.219. The highest BCUT2D eigenvalue weighted by atomic mass is 16.6. The van der Waals surface area contributed by atoms with E-state index < -0.39 is 10.9 Å². The molecule has 0 radical (unpaired) electrons. The molecule has 1 N–H and O–H groups in total. The van der Waals surface area contributed by atoms with Crippen molar-refractivity contribution in [3.63, 3.8) is 0 Å². The molecule has 2 aromatic rings. The van der Waals surface area contributed by atoms with E-state index in [4.69, 9.17) is 9.84 Å². The molecule has 2 aromatic carbocycles. The molecule has 0 aromatic heterocycles. The molecule has 0 amide bonds. The second-order valence-corrected chi connectivity index (χ2v) is 4.65. The summed E-state index contributed by atoms with van der Waals surface area (Å²) in [7, 11) is 0. The summed E-state index contributed by atoms with van der Waals surface area (Å²) in [6.45, 7) is 3.45. The number of ether oxygens (including phenoxy) is 1. The van der Waals surface area contributed by atoms with Crippen LogP contribution in [-0.4, -0.2) is 16.0 Å². The zero-order valence-electron chi connectivity index (χ0n) is 11.5. The molecule has 0 saturated carbocycles. The van der Waals surface area contributed by atoms with Gasteiger partial charge in [0.25, 0.3) is 5.69 Å². The van der Waals surface area contributed by atoms with Crippen molar-refractivity contribution in [3.8, 4) is 11.5 Å². The topological polar surface area (TPSA) is 89.7 Å². The zero-order valence-corrected chi connectivity index (χ0v) is 11.5. The van der Waals surface area contributed by atoms with E-state index in [1.165, 1.54) is 30.3 Å². The number of carboxylic acid groups (broad SMARTS) is 1. The van der Waals surface area contributed by atoms with Gasteiger partial charge in [-0.2, -0.15) is 0 Å². The van der Waals surface area contributed by atoms with Gasteiger partial charge < -0.3 is 9.84 Å². The quantitative estimate of drug-likeness (QED) is 0.684. The third-order valence-electron chi connectivity index (χ3n) is 2.90. The van der Waals surface area contributed by atoms with E-state index in [1.54, 1.807) is 19.9 Å². The molecule has 0 spiro atoms. The van der Waals surface area contributed by atoms with Crippen molar-refractivity contribution in [2.75, 3.05) is 0 Å². The lowest BCUT2D eigenvalue weighted by Crippen LogP contribution is -1.98. The van der Waals surface area contributed by atoms with E-state index in [2.05, 4.69) is 0 Å². The number of aromatic carboxylic acids is 1. The van der Waals surface area contributed by atoms with Crippen LogP contribution in [0.25, 0.3) is 0 Å². The van der Waals surface area contributed by atoms with Crippen molar-refractivity contribution in [1.29, 1.82) is 0 Å². The van der Waals surface area contributed by atoms with E-state index in [-0.39, 0.29) is 11.3 Å².